The first-order valence-electron chi connectivity index (χ1n) is 7.21. The molecule has 3 unspecified atom stereocenters. The first kappa shape index (κ1) is 12.7. The molecule has 3 rings (SSSR count). The zero-order chi connectivity index (χ0) is 13.4. The van der Waals surface area contributed by atoms with Crippen molar-refractivity contribution < 1.29 is 14.7 Å². The standard InChI is InChI=1S/C13H21N3O3/c17-12(18)11-4-2-7-16(11)13(19)14-9-5-8-15-6-1-3-10(9)15/h9-11H,1-8H2,(H,14,19)(H,17,18). The predicted octanol–water partition coefficient (Wildman–Crippen LogP) is 0.482. The lowest BCUT2D eigenvalue weighted by molar-refractivity contribution is -0.141. The lowest BCUT2D eigenvalue weighted by Crippen LogP contribution is -2.51. The first-order valence-corrected chi connectivity index (χ1v) is 7.21. The van der Waals surface area contributed by atoms with Gasteiger partial charge in [0.2, 0.25) is 0 Å². The maximum Gasteiger partial charge on any atom is 0.326 e. The van der Waals surface area contributed by atoms with Crippen LogP contribution in [0.3, 0.4) is 0 Å². The summed E-state index contributed by atoms with van der Waals surface area (Å²) in [6.45, 7) is 2.75. The highest BCUT2D eigenvalue weighted by atomic mass is 16.4. The van der Waals surface area contributed by atoms with Crippen LogP contribution in [0, 0.1) is 0 Å². The Morgan fingerprint density at radius 1 is 1.05 bits per heavy atom. The second-order valence-electron chi connectivity index (χ2n) is 5.78. The topological polar surface area (TPSA) is 72.9 Å². The summed E-state index contributed by atoms with van der Waals surface area (Å²) >= 11 is 0. The SMILES string of the molecule is O=C(O)C1CCCN1C(=O)NC1CCN2CCCC12. The van der Waals surface area contributed by atoms with Gasteiger partial charge in [-0.05, 0) is 38.6 Å². The van der Waals surface area contributed by atoms with Gasteiger partial charge in [-0.1, -0.05) is 0 Å². The molecule has 2 N–H and O–H groups in total. The number of fused-ring (bicyclic) bond motifs is 1. The largest absolute Gasteiger partial charge is 0.480 e. The van der Waals surface area contributed by atoms with E-state index in [1.807, 2.05) is 0 Å². The van der Waals surface area contributed by atoms with E-state index in [9.17, 15) is 9.59 Å². The second-order valence-corrected chi connectivity index (χ2v) is 5.78. The maximum absolute atomic E-state index is 12.2. The molecule has 0 aromatic carbocycles. The van der Waals surface area contributed by atoms with Gasteiger partial charge in [0, 0.05) is 25.2 Å². The number of carboxylic acid groups (broad SMARTS) is 1. The molecule has 0 spiro atoms. The lowest BCUT2D eigenvalue weighted by atomic mass is 10.1. The van der Waals surface area contributed by atoms with Crippen LogP contribution >= 0.6 is 0 Å². The molecule has 3 fully saturated rings. The molecule has 3 aliphatic rings. The van der Waals surface area contributed by atoms with Gasteiger partial charge in [0.1, 0.15) is 6.04 Å². The van der Waals surface area contributed by atoms with E-state index in [2.05, 4.69) is 10.2 Å². The van der Waals surface area contributed by atoms with E-state index >= 15 is 0 Å². The molecular formula is C13H21N3O3. The minimum absolute atomic E-state index is 0.191. The third-order valence-corrected chi connectivity index (χ3v) is 4.71. The minimum atomic E-state index is -0.887. The molecule has 106 valence electrons. The van der Waals surface area contributed by atoms with Gasteiger partial charge in [0.15, 0.2) is 0 Å². The molecule has 6 heteroatoms. The summed E-state index contributed by atoms with van der Waals surface area (Å²) in [5.41, 5.74) is 0. The number of hydrogen-bond donors (Lipinski definition) is 2. The number of carboxylic acids is 1. The Hall–Kier alpha value is -1.30. The fourth-order valence-corrected chi connectivity index (χ4v) is 3.76. The van der Waals surface area contributed by atoms with Crippen LogP contribution in [0.25, 0.3) is 0 Å². The number of carbonyl (C=O) groups is 2. The van der Waals surface area contributed by atoms with Gasteiger partial charge in [-0.2, -0.15) is 0 Å². The van der Waals surface area contributed by atoms with Crippen molar-refractivity contribution in [2.75, 3.05) is 19.6 Å². The van der Waals surface area contributed by atoms with Crippen LogP contribution in [0.15, 0.2) is 0 Å². The third kappa shape index (κ3) is 2.29. The number of carbonyl (C=O) groups excluding carboxylic acids is 1. The third-order valence-electron chi connectivity index (χ3n) is 4.71. The molecule has 0 aliphatic carbocycles. The average molecular weight is 267 g/mol. The Labute approximate surface area is 112 Å². The number of nitrogens with one attached hydrogen (secondary N) is 1. The summed E-state index contributed by atoms with van der Waals surface area (Å²) < 4.78 is 0. The molecule has 3 heterocycles. The van der Waals surface area contributed by atoms with Crippen molar-refractivity contribution >= 4 is 12.0 Å². The van der Waals surface area contributed by atoms with E-state index in [4.69, 9.17) is 5.11 Å². The summed E-state index contributed by atoms with van der Waals surface area (Å²) in [5, 5.41) is 12.2. The van der Waals surface area contributed by atoms with Crippen molar-refractivity contribution in [3.05, 3.63) is 0 Å². The van der Waals surface area contributed by atoms with E-state index in [1.54, 1.807) is 0 Å². The van der Waals surface area contributed by atoms with E-state index in [0.29, 0.717) is 19.0 Å². The van der Waals surface area contributed by atoms with E-state index in [0.717, 1.165) is 32.4 Å². The molecular weight excluding hydrogens is 246 g/mol. The molecule has 0 aromatic heterocycles. The maximum atomic E-state index is 12.2. The summed E-state index contributed by atoms with van der Waals surface area (Å²) in [5.74, 6) is -0.887. The minimum Gasteiger partial charge on any atom is -0.480 e. The molecule has 19 heavy (non-hydrogen) atoms. The molecule has 3 atom stereocenters. The Morgan fingerprint density at radius 3 is 2.63 bits per heavy atom. The number of likely N-dealkylation sites (tertiary alicyclic amines) is 1. The van der Waals surface area contributed by atoms with E-state index in [1.165, 1.54) is 11.3 Å². The average Bonchev–Trinajstić information content (AvgIpc) is 3.04. The van der Waals surface area contributed by atoms with Gasteiger partial charge in [-0.3, -0.25) is 4.90 Å². The Morgan fingerprint density at radius 2 is 1.84 bits per heavy atom. The Balaban J connectivity index is 1.60. The number of amides is 2. The van der Waals surface area contributed by atoms with Crippen molar-refractivity contribution in [2.24, 2.45) is 0 Å². The van der Waals surface area contributed by atoms with Gasteiger partial charge in [-0.25, -0.2) is 9.59 Å². The van der Waals surface area contributed by atoms with E-state index < -0.39 is 12.0 Å². The Bertz CT molecular complexity index is 387. The molecule has 3 aliphatic heterocycles. The smallest absolute Gasteiger partial charge is 0.326 e. The number of urea groups is 1. The monoisotopic (exact) mass is 267 g/mol. The van der Waals surface area contributed by atoms with Crippen LogP contribution in [-0.2, 0) is 4.79 Å². The van der Waals surface area contributed by atoms with Gasteiger partial charge < -0.3 is 15.3 Å². The van der Waals surface area contributed by atoms with Crippen LogP contribution in [0.5, 0.6) is 0 Å². The molecule has 3 saturated heterocycles. The summed E-state index contributed by atoms with van der Waals surface area (Å²) in [6.07, 6.45) is 4.70. The fourth-order valence-electron chi connectivity index (χ4n) is 3.76. The summed E-state index contributed by atoms with van der Waals surface area (Å²) in [6, 6.07) is -0.162. The van der Waals surface area contributed by atoms with Crippen LogP contribution in [0.2, 0.25) is 0 Å². The highest BCUT2D eigenvalue weighted by molar-refractivity contribution is 5.83. The van der Waals surface area contributed by atoms with Crippen LogP contribution in [0.4, 0.5) is 4.79 Å². The molecule has 2 amide bonds. The molecule has 0 saturated carbocycles. The fraction of sp³-hybridized carbons (Fsp3) is 0.846. The van der Waals surface area contributed by atoms with Gasteiger partial charge in [0.25, 0.3) is 0 Å². The van der Waals surface area contributed by atoms with Crippen LogP contribution < -0.4 is 5.32 Å². The van der Waals surface area contributed by atoms with Crippen molar-refractivity contribution in [3.8, 4) is 0 Å². The van der Waals surface area contributed by atoms with Crippen molar-refractivity contribution in [1.29, 1.82) is 0 Å². The Kier molecular flexibility index (Phi) is 3.35. The summed E-state index contributed by atoms with van der Waals surface area (Å²) in [7, 11) is 0. The predicted molar refractivity (Wildman–Crippen MR) is 68.9 cm³/mol. The highest BCUT2D eigenvalue weighted by Crippen LogP contribution is 2.28. The zero-order valence-corrected chi connectivity index (χ0v) is 11.0. The molecule has 0 bridgehead atoms. The summed E-state index contributed by atoms with van der Waals surface area (Å²) in [4.78, 5) is 27.3. The van der Waals surface area contributed by atoms with Gasteiger partial charge in [-0.15, -0.1) is 0 Å². The van der Waals surface area contributed by atoms with Crippen molar-refractivity contribution in [3.63, 3.8) is 0 Å². The van der Waals surface area contributed by atoms with Gasteiger partial charge in [0.05, 0.1) is 0 Å². The molecule has 6 nitrogen and oxygen atoms in total. The van der Waals surface area contributed by atoms with E-state index in [-0.39, 0.29) is 12.1 Å². The first-order chi connectivity index (χ1) is 9.16. The zero-order valence-electron chi connectivity index (χ0n) is 11.0. The number of nitrogens with zero attached hydrogens (tertiary/aromatic N) is 2. The van der Waals surface area contributed by atoms with Gasteiger partial charge >= 0.3 is 12.0 Å². The van der Waals surface area contributed by atoms with Crippen molar-refractivity contribution in [1.82, 2.24) is 15.1 Å². The van der Waals surface area contributed by atoms with Crippen molar-refractivity contribution in [2.45, 2.75) is 50.2 Å². The second kappa shape index (κ2) is 5.00. The number of rotatable bonds is 2. The molecule has 0 aromatic rings. The molecule has 0 radical (unpaired) electrons. The van der Waals surface area contributed by atoms with Crippen LogP contribution in [0.1, 0.15) is 32.1 Å². The lowest BCUT2D eigenvalue weighted by Gasteiger charge is -2.26. The normalized spacial score (nSPS) is 34.5. The quantitative estimate of drug-likeness (QED) is 0.763. The highest BCUT2D eigenvalue weighted by Gasteiger charge is 2.40. The van der Waals surface area contributed by atoms with Crippen LogP contribution in [-0.4, -0.2) is 64.7 Å². The number of aliphatic carboxylic acids is 1. The number of hydrogen-bond acceptors (Lipinski definition) is 3.